The second-order valence-electron chi connectivity index (χ2n) is 4.89. The quantitative estimate of drug-likeness (QED) is 0.816. The van der Waals surface area contributed by atoms with Crippen LogP contribution in [0.2, 0.25) is 0 Å². The van der Waals surface area contributed by atoms with E-state index in [1.807, 2.05) is 30.3 Å². The highest BCUT2D eigenvalue weighted by Crippen LogP contribution is 2.11. The summed E-state index contributed by atoms with van der Waals surface area (Å²) in [5.74, 6) is -1.85. The molecule has 0 saturated carbocycles. The second-order valence-corrected chi connectivity index (χ2v) is 6.66. The molecule has 0 aliphatic heterocycles. The van der Waals surface area contributed by atoms with E-state index in [1.54, 1.807) is 18.2 Å². The number of carboxylic acids is 1. The maximum atomic E-state index is 12.1. The van der Waals surface area contributed by atoms with Gasteiger partial charge in [0.25, 0.3) is 0 Å². The molecule has 1 atom stereocenters. The van der Waals surface area contributed by atoms with Crippen molar-refractivity contribution in [2.75, 3.05) is 6.54 Å². The standard InChI is InChI=1S/C16H17NO4S/c18-16(19)14(11-13-7-3-1-4-8-13)12-17-22(20,21)15-9-5-2-6-10-15/h1-10,14,17H,11-12H2,(H,18,19). The van der Waals surface area contributed by atoms with Crippen molar-refractivity contribution in [2.24, 2.45) is 5.92 Å². The van der Waals surface area contributed by atoms with Crippen LogP contribution in [-0.4, -0.2) is 26.0 Å². The van der Waals surface area contributed by atoms with E-state index in [0.717, 1.165) is 5.56 Å². The van der Waals surface area contributed by atoms with E-state index >= 15 is 0 Å². The fourth-order valence-electron chi connectivity index (χ4n) is 2.04. The number of carbonyl (C=O) groups is 1. The van der Waals surface area contributed by atoms with E-state index in [4.69, 9.17) is 0 Å². The van der Waals surface area contributed by atoms with Gasteiger partial charge in [0.1, 0.15) is 0 Å². The summed E-state index contributed by atoms with van der Waals surface area (Å²) in [6.07, 6.45) is 0.271. The van der Waals surface area contributed by atoms with Gasteiger partial charge in [-0.3, -0.25) is 4.79 Å². The van der Waals surface area contributed by atoms with E-state index in [-0.39, 0.29) is 17.9 Å². The lowest BCUT2D eigenvalue weighted by atomic mass is 10.00. The lowest BCUT2D eigenvalue weighted by Crippen LogP contribution is -2.34. The first-order valence-corrected chi connectivity index (χ1v) is 8.29. The maximum Gasteiger partial charge on any atom is 0.308 e. The normalized spacial score (nSPS) is 12.7. The minimum Gasteiger partial charge on any atom is -0.481 e. The highest BCUT2D eigenvalue weighted by atomic mass is 32.2. The minimum atomic E-state index is -3.69. The first-order valence-electron chi connectivity index (χ1n) is 6.80. The van der Waals surface area contributed by atoms with Crippen LogP contribution in [0, 0.1) is 5.92 Å². The summed E-state index contributed by atoms with van der Waals surface area (Å²) >= 11 is 0. The first-order chi connectivity index (χ1) is 10.5. The molecule has 116 valence electrons. The zero-order chi connectivity index (χ0) is 16.0. The van der Waals surface area contributed by atoms with Crippen LogP contribution in [-0.2, 0) is 21.2 Å². The topological polar surface area (TPSA) is 83.5 Å². The maximum absolute atomic E-state index is 12.1. The van der Waals surface area contributed by atoms with E-state index in [1.165, 1.54) is 12.1 Å². The monoisotopic (exact) mass is 319 g/mol. The van der Waals surface area contributed by atoms with Crippen molar-refractivity contribution in [1.82, 2.24) is 4.72 Å². The molecule has 0 saturated heterocycles. The van der Waals surface area contributed by atoms with Crippen LogP contribution in [0.3, 0.4) is 0 Å². The van der Waals surface area contributed by atoms with Crippen molar-refractivity contribution in [3.05, 3.63) is 66.2 Å². The van der Waals surface area contributed by atoms with Gasteiger partial charge in [-0.2, -0.15) is 0 Å². The Morgan fingerprint density at radius 2 is 1.55 bits per heavy atom. The molecule has 0 bridgehead atoms. The van der Waals surface area contributed by atoms with Crippen molar-refractivity contribution in [1.29, 1.82) is 0 Å². The molecule has 0 fully saturated rings. The van der Waals surface area contributed by atoms with Crippen LogP contribution in [0.5, 0.6) is 0 Å². The molecule has 1 unspecified atom stereocenters. The Kier molecular flexibility index (Phi) is 5.30. The van der Waals surface area contributed by atoms with Gasteiger partial charge >= 0.3 is 5.97 Å². The molecule has 0 aliphatic carbocycles. The summed E-state index contributed by atoms with van der Waals surface area (Å²) in [5, 5.41) is 9.27. The Morgan fingerprint density at radius 1 is 1.00 bits per heavy atom. The van der Waals surface area contributed by atoms with Gasteiger partial charge in [0.05, 0.1) is 10.8 Å². The van der Waals surface area contributed by atoms with Crippen molar-refractivity contribution in [3.8, 4) is 0 Å². The third-order valence-electron chi connectivity index (χ3n) is 3.25. The van der Waals surface area contributed by atoms with Crippen molar-refractivity contribution in [2.45, 2.75) is 11.3 Å². The highest BCUT2D eigenvalue weighted by Gasteiger charge is 2.22. The molecule has 5 nitrogen and oxygen atoms in total. The molecule has 0 heterocycles. The van der Waals surface area contributed by atoms with Crippen LogP contribution < -0.4 is 4.72 Å². The fraction of sp³-hybridized carbons (Fsp3) is 0.188. The molecular weight excluding hydrogens is 302 g/mol. The van der Waals surface area contributed by atoms with Gasteiger partial charge in [-0.1, -0.05) is 48.5 Å². The lowest BCUT2D eigenvalue weighted by molar-refractivity contribution is -0.141. The van der Waals surface area contributed by atoms with E-state index in [0.29, 0.717) is 0 Å². The number of nitrogens with one attached hydrogen (secondary N) is 1. The highest BCUT2D eigenvalue weighted by molar-refractivity contribution is 7.89. The lowest BCUT2D eigenvalue weighted by Gasteiger charge is -2.14. The Hall–Kier alpha value is -2.18. The average Bonchev–Trinajstić information content (AvgIpc) is 2.53. The molecule has 0 radical (unpaired) electrons. The van der Waals surface area contributed by atoms with Gasteiger partial charge in [0.2, 0.25) is 10.0 Å². The van der Waals surface area contributed by atoms with Gasteiger partial charge < -0.3 is 5.11 Å². The number of hydrogen-bond acceptors (Lipinski definition) is 3. The van der Waals surface area contributed by atoms with E-state index < -0.39 is 21.9 Å². The molecule has 0 amide bonds. The average molecular weight is 319 g/mol. The number of sulfonamides is 1. The number of hydrogen-bond donors (Lipinski definition) is 2. The number of aliphatic carboxylic acids is 1. The third-order valence-corrected chi connectivity index (χ3v) is 4.69. The molecule has 0 spiro atoms. The Morgan fingerprint density at radius 3 is 2.09 bits per heavy atom. The zero-order valence-electron chi connectivity index (χ0n) is 11.8. The zero-order valence-corrected chi connectivity index (χ0v) is 12.7. The largest absolute Gasteiger partial charge is 0.481 e. The van der Waals surface area contributed by atoms with Gasteiger partial charge in [0.15, 0.2) is 0 Å². The van der Waals surface area contributed by atoms with Gasteiger partial charge in [-0.15, -0.1) is 0 Å². The molecule has 2 rings (SSSR count). The SMILES string of the molecule is O=C(O)C(CNS(=O)(=O)c1ccccc1)Cc1ccccc1. The fourth-order valence-corrected chi connectivity index (χ4v) is 3.14. The molecule has 2 aromatic carbocycles. The summed E-state index contributed by atoms with van der Waals surface area (Å²) in [6, 6.07) is 17.0. The van der Waals surface area contributed by atoms with Crippen LogP contribution in [0.25, 0.3) is 0 Å². The summed E-state index contributed by atoms with van der Waals surface area (Å²) in [5.41, 5.74) is 0.855. The van der Waals surface area contributed by atoms with Crippen LogP contribution >= 0.6 is 0 Å². The second kappa shape index (κ2) is 7.20. The number of benzene rings is 2. The van der Waals surface area contributed by atoms with Crippen molar-refractivity contribution >= 4 is 16.0 Å². The van der Waals surface area contributed by atoms with Gasteiger partial charge in [0, 0.05) is 6.54 Å². The molecule has 0 aromatic heterocycles. The molecular formula is C16H17NO4S. The minimum absolute atomic E-state index is 0.124. The summed E-state index contributed by atoms with van der Waals surface area (Å²) < 4.78 is 26.6. The Balaban J connectivity index is 2.05. The van der Waals surface area contributed by atoms with Crippen LogP contribution in [0.15, 0.2) is 65.6 Å². The van der Waals surface area contributed by atoms with E-state index in [9.17, 15) is 18.3 Å². The Labute approximate surface area is 129 Å². The van der Waals surface area contributed by atoms with Crippen molar-refractivity contribution < 1.29 is 18.3 Å². The number of rotatable bonds is 7. The van der Waals surface area contributed by atoms with E-state index in [2.05, 4.69) is 4.72 Å². The van der Waals surface area contributed by atoms with Crippen LogP contribution in [0.4, 0.5) is 0 Å². The molecule has 6 heteroatoms. The summed E-state index contributed by atoms with van der Waals surface area (Å²) in [6.45, 7) is -0.151. The first kappa shape index (κ1) is 16.2. The molecule has 2 N–H and O–H groups in total. The Bertz CT molecular complexity index is 714. The summed E-state index contributed by atoms with van der Waals surface area (Å²) in [7, 11) is -3.69. The molecule has 2 aromatic rings. The van der Waals surface area contributed by atoms with Crippen LogP contribution in [0.1, 0.15) is 5.56 Å². The third kappa shape index (κ3) is 4.41. The van der Waals surface area contributed by atoms with Gasteiger partial charge in [-0.05, 0) is 24.1 Å². The predicted molar refractivity (Wildman–Crippen MR) is 82.9 cm³/mol. The van der Waals surface area contributed by atoms with Gasteiger partial charge in [-0.25, -0.2) is 13.1 Å². The van der Waals surface area contributed by atoms with Crippen molar-refractivity contribution in [3.63, 3.8) is 0 Å². The smallest absolute Gasteiger partial charge is 0.308 e. The predicted octanol–water partition coefficient (Wildman–Crippen LogP) is 1.91. The summed E-state index contributed by atoms with van der Waals surface area (Å²) in [4.78, 5) is 11.4. The molecule has 0 aliphatic rings. The molecule has 22 heavy (non-hydrogen) atoms. The number of carboxylic acid groups (broad SMARTS) is 1.